The summed E-state index contributed by atoms with van der Waals surface area (Å²) in [5.41, 5.74) is 0.00703. The summed E-state index contributed by atoms with van der Waals surface area (Å²) < 4.78 is 5.03. The average molecular weight is 225 g/mol. The van der Waals surface area contributed by atoms with Gasteiger partial charge in [-0.25, -0.2) is 4.79 Å². The summed E-state index contributed by atoms with van der Waals surface area (Å²) in [5, 5.41) is 18.6. The first-order valence-electron chi connectivity index (χ1n) is 4.83. The van der Waals surface area contributed by atoms with Crippen molar-refractivity contribution >= 4 is 11.9 Å². The van der Waals surface area contributed by atoms with Crippen LogP contribution in [0.25, 0.3) is 0 Å². The second-order valence-electron chi connectivity index (χ2n) is 4.23. The van der Waals surface area contributed by atoms with Crippen molar-refractivity contribution in [3.05, 3.63) is 17.8 Å². The van der Waals surface area contributed by atoms with Gasteiger partial charge in [-0.3, -0.25) is 5.32 Å². The largest absolute Gasteiger partial charge is 0.444 e. The maximum absolute atomic E-state index is 11.4. The van der Waals surface area contributed by atoms with E-state index in [9.17, 15) is 4.79 Å². The minimum absolute atomic E-state index is 0.154. The van der Waals surface area contributed by atoms with Crippen molar-refractivity contribution in [3.8, 4) is 0 Å². The van der Waals surface area contributed by atoms with Crippen molar-refractivity contribution in [2.45, 2.75) is 33.0 Å². The number of amides is 1. The molecule has 0 aliphatic carbocycles. The topological polar surface area (TPSA) is 84.3 Å². The van der Waals surface area contributed by atoms with Crippen molar-refractivity contribution in [2.75, 3.05) is 5.32 Å². The van der Waals surface area contributed by atoms with Gasteiger partial charge in [0.15, 0.2) is 5.82 Å². The molecule has 2 N–H and O–H groups in total. The summed E-state index contributed by atoms with van der Waals surface area (Å²) in [7, 11) is 0. The molecule has 1 aromatic heterocycles. The Balaban J connectivity index is 2.62. The van der Waals surface area contributed by atoms with Crippen LogP contribution < -0.4 is 5.32 Å². The molecule has 0 aliphatic rings. The van der Waals surface area contributed by atoms with Crippen LogP contribution in [0.2, 0.25) is 0 Å². The number of nitrogens with one attached hydrogen (secondary N) is 1. The molecule has 6 nitrogen and oxygen atoms in total. The van der Waals surface area contributed by atoms with Crippen molar-refractivity contribution < 1.29 is 14.6 Å². The van der Waals surface area contributed by atoms with Gasteiger partial charge in [0.25, 0.3) is 0 Å². The molecule has 0 fully saturated rings. The number of carbonyl (C=O) groups excluding carboxylic acids is 1. The number of aliphatic hydroxyl groups excluding tert-OH is 1. The predicted octanol–water partition coefficient (Wildman–Crippen LogP) is 1.32. The Bertz CT molecular complexity index is 374. The molecule has 0 bridgehead atoms. The molecule has 0 unspecified atom stereocenters. The Morgan fingerprint density at radius 1 is 1.56 bits per heavy atom. The molecule has 1 heterocycles. The molecular formula is C10H15N3O3. The maximum Gasteiger partial charge on any atom is 0.413 e. The number of hydrogen-bond acceptors (Lipinski definition) is 5. The van der Waals surface area contributed by atoms with Gasteiger partial charge >= 0.3 is 6.09 Å². The number of rotatable bonds is 2. The van der Waals surface area contributed by atoms with E-state index in [1.165, 1.54) is 12.3 Å². The highest BCUT2D eigenvalue weighted by Gasteiger charge is 2.16. The third-order valence-electron chi connectivity index (χ3n) is 1.52. The van der Waals surface area contributed by atoms with Crippen LogP contribution in [-0.4, -0.2) is 27.0 Å². The normalized spacial score (nSPS) is 11.0. The molecule has 88 valence electrons. The zero-order chi connectivity index (χ0) is 12.2. The van der Waals surface area contributed by atoms with Crippen molar-refractivity contribution in [3.63, 3.8) is 0 Å². The van der Waals surface area contributed by atoms with Crippen LogP contribution in [0.3, 0.4) is 0 Å². The molecule has 16 heavy (non-hydrogen) atoms. The van der Waals surface area contributed by atoms with Crippen LogP contribution in [-0.2, 0) is 11.3 Å². The number of ether oxygens (including phenoxy) is 1. The lowest BCUT2D eigenvalue weighted by atomic mass is 10.2. The smallest absolute Gasteiger partial charge is 0.413 e. The molecule has 0 aromatic carbocycles. The number of anilines is 1. The SMILES string of the molecule is CC(C)(C)OC(=O)Nc1cc(CO)cnn1. The van der Waals surface area contributed by atoms with E-state index < -0.39 is 11.7 Å². The number of nitrogens with zero attached hydrogens (tertiary/aromatic N) is 2. The lowest BCUT2D eigenvalue weighted by Gasteiger charge is -2.19. The summed E-state index contributed by atoms with van der Waals surface area (Å²) in [4.78, 5) is 11.4. The van der Waals surface area contributed by atoms with Crippen LogP contribution >= 0.6 is 0 Å². The van der Waals surface area contributed by atoms with Gasteiger partial charge < -0.3 is 9.84 Å². The van der Waals surface area contributed by atoms with Crippen LogP contribution in [0.1, 0.15) is 26.3 Å². The monoisotopic (exact) mass is 225 g/mol. The Morgan fingerprint density at radius 3 is 2.81 bits per heavy atom. The molecule has 1 aromatic rings. The molecule has 1 amide bonds. The first-order chi connectivity index (χ1) is 7.40. The second kappa shape index (κ2) is 4.89. The molecule has 0 saturated carbocycles. The highest BCUT2D eigenvalue weighted by Crippen LogP contribution is 2.10. The van der Waals surface area contributed by atoms with Gasteiger partial charge in [0.2, 0.25) is 0 Å². The number of aliphatic hydroxyl groups is 1. The first-order valence-corrected chi connectivity index (χ1v) is 4.83. The Morgan fingerprint density at radius 2 is 2.25 bits per heavy atom. The average Bonchev–Trinajstić information content (AvgIpc) is 2.15. The molecule has 0 saturated heterocycles. The molecule has 6 heteroatoms. The molecule has 0 aliphatic heterocycles. The van der Waals surface area contributed by atoms with Gasteiger partial charge in [-0.1, -0.05) is 0 Å². The lowest BCUT2D eigenvalue weighted by Crippen LogP contribution is -2.27. The lowest BCUT2D eigenvalue weighted by molar-refractivity contribution is 0.0635. The Labute approximate surface area is 93.6 Å². The summed E-state index contributed by atoms with van der Waals surface area (Å²) in [6, 6.07) is 1.52. The van der Waals surface area contributed by atoms with E-state index in [1.54, 1.807) is 20.8 Å². The van der Waals surface area contributed by atoms with E-state index >= 15 is 0 Å². The van der Waals surface area contributed by atoms with Gasteiger partial charge in [-0.2, -0.15) is 5.10 Å². The van der Waals surface area contributed by atoms with E-state index in [-0.39, 0.29) is 12.4 Å². The van der Waals surface area contributed by atoms with E-state index in [0.29, 0.717) is 5.56 Å². The Hall–Kier alpha value is -1.69. The minimum Gasteiger partial charge on any atom is -0.444 e. The third-order valence-corrected chi connectivity index (χ3v) is 1.52. The molecule has 1 rings (SSSR count). The van der Waals surface area contributed by atoms with Crippen LogP contribution in [0.5, 0.6) is 0 Å². The van der Waals surface area contributed by atoms with Crippen LogP contribution in [0.15, 0.2) is 12.3 Å². The van der Waals surface area contributed by atoms with E-state index in [2.05, 4.69) is 15.5 Å². The zero-order valence-corrected chi connectivity index (χ0v) is 9.52. The van der Waals surface area contributed by atoms with Gasteiger partial charge in [-0.05, 0) is 26.8 Å². The van der Waals surface area contributed by atoms with Gasteiger partial charge in [-0.15, -0.1) is 5.10 Å². The fourth-order valence-electron chi connectivity index (χ4n) is 0.963. The van der Waals surface area contributed by atoms with E-state index in [4.69, 9.17) is 9.84 Å². The van der Waals surface area contributed by atoms with Crippen molar-refractivity contribution in [1.82, 2.24) is 10.2 Å². The van der Waals surface area contributed by atoms with Crippen LogP contribution in [0, 0.1) is 0 Å². The summed E-state index contributed by atoms with van der Waals surface area (Å²) in [6.07, 6.45) is 0.817. The standard InChI is InChI=1S/C10H15N3O3/c1-10(2,3)16-9(15)12-8-4-7(6-14)5-11-13-8/h4-5,14H,6H2,1-3H3,(H,12,13,15). The van der Waals surface area contributed by atoms with Gasteiger partial charge in [0.05, 0.1) is 12.8 Å². The highest BCUT2D eigenvalue weighted by atomic mass is 16.6. The summed E-state index contributed by atoms with van der Waals surface area (Å²) in [6.45, 7) is 5.14. The summed E-state index contributed by atoms with van der Waals surface area (Å²) in [5.74, 6) is 0.251. The molecule has 0 spiro atoms. The molecular weight excluding hydrogens is 210 g/mol. The van der Waals surface area contributed by atoms with E-state index in [0.717, 1.165) is 0 Å². The predicted molar refractivity (Wildman–Crippen MR) is 57.8 cm³/mol. The second-order valence-corrected chi connectivity index (χ2v) is 4.23. The number of carbonyl (C=O) groups is 1. The maximum atomic E-state index is 11.4. The number of aromatic nitrogens is 2. The fraction of sp³-hybridized carbons (Fsp3) is 0.500. The number of hydrogen-bond donors (Lipinski definition) is 2. The van der Waals surface area contributed by atoms with Crippen molar-refractivity contribution in [2.24, 2.45) is 0 Å². The van der Waals surface area contributed by atoms with Gasteiger partial charge in [0, 0.05) is 5.56 Å². The zero-order valence-electron chi connectivity index (χ0n) is 9.52. The van der Waals surface area contributed by atoms with Crippen molar-refractivity contribution in [1.29, 1.82) is 0 Å². The fourth-order valence-corrected chi connectivity index (χ4v) is 0.963. The van der Waals surface area contributed by atoms with Crippen LogP contribution in [0.4, 0.5) is 10.6 Å². The minimum atomic E-state index is -0.600. The summed E-state index contributed by atoms with van der Waals surface area (Å²) >= 11 is 0. The Kier molecular flexibility index (Phi) is 3.78. The quantitative estimate of drug-likeness (QED) is 0.792. The van der Waals surface area contributed by atoms with E-state index in [1.807, 2.05) is 0 Å². The van der Waals surface area contributed by atoms with Gasteiger partial charge in [0.1, 0.15) is 5.60 Å². The molecule has 0 atom stereocenters. The first kappa shape index (κ1) is 12.4. The third kappa shape index (κ3) is 4.22. The molecule has 0 radical (unpaired) electrons. The highest BCUT2D eigenvalue weighted by molar-refractivity contribution is 5.83.